The van der Waals surface area contributed by atoms with E-state index in [1.165, 1.54) is 16.3 Å². The molecule has 2 atom stereocenters. The van der Waals surface area contributed by atoms with E-state index < -0.39 is 0 Å². The first-order valence-corrected chi connectivity index (χ1v) is 8.73. The van der Waals surface area contributed by atoms with E-state index in [1.807, 2.05) is 12.1 Å². The van der Waals surface area contributed by atoms with Crippen LogP contribution in [0.15, 0.2) is 42.5 Å². The summed E-state index contributed by atoms with van der Waals surface area (Å²) in [5, 5.41) is 2.41. The molecule has 0 unspecified atom stereocenters. The predicted octanol–water partition coefficient (Wildman–Crippen LogP) is 2.35. The number of benzene rings is 2. The third-order valence-electron chi connectivity index (χ3n) is 4.98. The van der Waals surface area contributed by atoms with E-state index in [2.05, 4.69) is 30.3 Å². The van der Waals surface area contributed by atoms with Crippen LogP contribution in [0.25, 0.3) is 10.8 Å². The summed E-state index contributed by atoms with van der Waals surface area (Å²) in [6, 6.07) is 14.6. The summed E-state index contributed by atoms with van der Waals surface area (Å²) < 4.78 is 10.5. The molecule has 130 valence electrons. The van der Waals surface area contributed by atoms with Gasteiger partial charge in [-0.25, -0.2) is 0 Å². The summed E-state index contributed by atoms with van der Waals surface area (Å²) in [4.78, 5) is 25.5. The lowest BCUT2D eigenvalue weighted by atomic mass is 10.0. The Bertz CT molecular complexity index is 803. The minimum absolute atomic E-state index is 0.0391. The van der Waals surface area contributed by atoms with E-state index in [-0.39, 0.29) is 36.9 Å². The van der Waals surface area contributed by atoms with E-state index in [0.29, 0.717) is 19.7 Å². The van der Waals surface area contributed by atoms with Gasteiger partial charge >= 0.3 is 5.97 Å². The Morgan fingerprint density at radius 1 is 1.20 bits per heavy atom. The summed E-state index contributed by atoms with van der Waals surface area (Å²) in [6.07, 6.45) is 0.841. The molecule has 0 aromatic heterocycles. The molecule has 2 aromatic rings. The van der Waals surface area contributed by atoms with Crippen molar-refractivity contribution in [3.63, 3.8) is 0 Å². The molecule has 1 heterocycles. The standard InChI is InChI=1S/C20H21NO4/c22-19-13-24-9-7-21(19)8-10-25-20(23)18-12-17(18)16-6-5-14-3-1-2-4-15(14)11-16/h1-6,11,17-18H,7-10,12-13H2/t17-,18+/m0/s1. The van der Waals surface area contributed by atoms with Gasteiger partial charge in [-0.05, 0) is 28.7 Å². The van der Waals surface area contributed by atoms with Gasteiger partial charge in [-0.1, -0.05) is 42.5 Å². The zero-order valence-electron chi connectivity index (χ0n) is 14.0. The van der Waals surface area contributed by atoms with Gasteiger partial charge in [-0.2, -0.15) is 0 Å². The van der Waals surface area contributed by atoms with Crippen LogP contribution in [0, 0.1) is 5.92 Å². The molecule has 5 heteroatoms. The highest BCUT2D eigenvalue weighted by Crippen LogP contribution is 2.48. The van der Waals surface area contributed by atoms with Crippen LogP contribution in [0.2, 0.25) is 0 Å². The van der Waals surface area contributed by atoms with Gasteiger partial charge < -0.3 is 14.4 Å². The smallest absolute Gasteiger partial charge is 0.309 e. The van der Waals surface area contributed by atoms with Gasteiger partial charge in [0.05, 0.1) is 19.1 Å². The molecule has 0 spiro atoms. The Kier molecular flexibility index (Phi) is 4.40. The topological polar surface area (TPSA) is 55.8 Å². The molecule has 2 aromatic carbocycles. The van der Waals surface area contributed by atoms with Crippen molar-refractivity contribution in [2.45, 2.75) is 12.3 Å². The highest BCUT2D eigenvalue weighted by molar-refractivity contribution is 5.84. The SMILES string of the molecule is O=C(OCCN1CCOCC1=O)[C@@H]1C[C@H]1c1ccc2ccccc2c1. The average molecular weight is 339 g/mol. The Labute approximate surface area is 146 Å². The number of hydrogen-bond acceptors (Lipinski definition) is 4. The molecule has 1 saturated carbocycles. The maximum absolute atomic E-state index is 12.2. The number of fused-ring (bicyclic) bond motifs is 1. The van der Waals surface area contributed by atoms with Crippen molar-refractivity contribution in [2.24, 2.45) is 5.92 Å². The summed E-state index contributed by atoms with van der Waals surface area (Å²) >= 11 is 0. The van der Waals surface area contributed by atoms with Gasteiger partial charge in [-0.15, -0.1) is 0 Å². The number of esters is 1. The van der Waals surface area contributed by atoms with Crippen molar-refractivity contribution >= 4 is 22.6 Å². The fourth-order valence-electron chi connectivity index (χ4n) is 3.41. The van der Waals surface area contributed by atoms with Crippen molar-refractivity contribution in [1.29, 1.82) is 0 Å². The lowest BCUT2D eigenvalue weighted by Crippen LogP contribution is -2.43. The van der Waals surface area contributed by atoms with Crippen LogP contribution >= 0.6 is 0 Å². The molecule has 1 aliphatic heterocycles. The maximum Gasteiger partial charge on any atom is 0.309 e. The summed E-state index contributed by atoms with van der Waals surface area (Å²) in [7, 11) is 0. The van der Waals surface area contributed by atoms with Crippen LogP contribution in [0.5, 0.6) is 0 Å². The van der Waals surface area contributed by atoms with Crippen LogP contribution in [0.3, 0.4) is 0 Å². The molecule has 2 fully saturated rings. The molecule has 2 aliphatic rings. The average Bonchev–Trinajstić information content (AvgIpc) is 3.44. The van der Waals surface area contributed by atoms with Crippen LogP contribution in [-0.2, 0) is 19.1 Å². The summed E-state index contributed by atoms with van der Waals surface area (Å²) in [5.74, 6) is 0.00491. The first-order chi connectivity index (χ1) is 12.2. The highest BCUT2D eigenvalue weighted by atomic mass is 16.5. The van der Waals surface area contributed by atoms with E-state index in [9.17, 15) is 9.59 Å². The lowest BCUT2D eigenvalue weighted by Gasteiger charge is -2.26. The van der Waals surface area contributed by atoms with Crippen LogP contribution < -0.4 is 0 Å². The highest BCUT2D eigenvalue weighted by Gasteiger charge is 2.45. The van der Waals surface area contributed by atoms with Gasteiger partial charge in [0.1, 0.15) is 13.2 Å². The van der Waals surface area contributed by atoms with Crippen LogP contribution in [0.4, 0.5) is 0 Å². The molecule has 1 aliphatic carbocycles. The molecule has 5 nitrogen and oxygen atoms in total. The molecule has 1 saturated heterocycles. The third-order valence-corrected chi connectivity index (χ3v) is 4.98. The summed E-state index contributed by atoms with van der Waals surface area (Å²) in [6.45, 7) is 1.94. The number of ether oxygens (including phenoxy) is 2. The number of carbonyl (C=O) groups excluding carboxylic acids is 2. The van der Waals surface area contributed by atoms with Gasteiger partial charge in [0, 0.05) is 6.54 Å². The Morgan fingerprint density at radius 2 is 2.04 bits per heavy atom. The molecule has 0 radical (unpaired) electrons. The van der Waals surface area contributed by atoms with Crippen molar-refractivity contribution in [2.75, 3.05) is 32.9 Å². The number of hydrogen-bond donors (Lipinski definition) is 0. The Morgan fingerprint density at radius 3 is 2.88 bits per heavy atom. The van der Waals surface area contributed by atoms with E-state index in [4.69, 9.17) is 9.47 Å². The molecular formula is C20H21NO4. The lowest BCUT2D eigenvalue weighted by molar-refractivity contribution is -0.150. The minimum Gasteiger partial charge on any atom is -0.464 e. The quantitative estimate of drug-likeness (QED) is 0.785. The molecular weight excluding hydrogens is 318 g/mol. The second-order valence-electron chi connectivity index (χ2n) is 6.66. The van der Waals surface area contributed by atoms with Crippen molar-refractivity contribution < 1.29 is 19.1 Å². The number of carbonyl (C=O) groups is 2. The zero-order chi connectivity index (χ0) is 17.2. The van der Waals surface area contributed by atoms with Gasteiger partial charge in [-0.3, -0.25) is 9.59 Å². The first-order valence-electron chi connectivity index (χ1n) is 8.73. The van der Waals surface area contributed by atoms with Crippen LogP contribution in [0.1, 0.15) is 17.9 Å². The largest absolute Gasteiger partial charge is 0.464 e. The van der Waals surface area contributed by atoms with Crippen LogP contribution in [-0.4, -0.2) is 49.7 Å². The first kappa shape index (κ1) is 16.1. The zero-order valence-corrected chi connectivity index (χ0v) is 14.0. The summed E-state index contributed by atoms with van der Waals surface area (Å²) in [5.41, 5.74) is 1.20. The Hall–Kier alpha value is -2.40. The van der Waals surface area contributed by atoms with Gasteiger partial charge in [0.15, 0.2) is 0 Å². The minimum atomic E-state index is -0.154. The van der Waals surface area contributed by atoms with E-state index >= 15 is 0 Å². The molecule has 4 rings (SSSR count). The number of rotatable bonds is 5. The van der Waals surface area contributed by atoms with E-state index in [0.717, 1.165) is 6.42 Å². The fraction of sp³-hybridized carbons (Fsp3) is 0.400. The molecule has 0 N–H and O–H groups in total. The van der Waals surface area contributed by atoms with Crippen molar-refractivity contribution in [3.8, 4) is 0 Å². The number of amides is 1. The van der Waals surface area contributed by atoms with Crippen molar-refractivity contribution in [3.05, 3.63) is 48.0 Å². The number of nitrogens with zero attached hydrogens (tertiary/aromatic N) is 1. The molecule has 1 amide bonds. The Balaban J connectivity index is 1.29. The van der Waals surface area contributed by atoms with Crippen molar-refractivity contribution in [1.82, 2.24) is 4.90 Å². The van der Waals surface area contributed by atoms with Gasteiger partial charge in [0.2, 0.25) is 5.91 Å². The second-order valence-corrected chi connectivity index (χ2v) is 6.66. The molecule has 25 heavy (non-hydrogen) atoms. The van der Waals surface area contributed by atoms with Gasteiger partial charge in [0.25, 0.3) is 0 Å². The fourth-order valence-corrected chi connectivity index (χ4v) is 3.41. The maximum atomic E-state index is 12.2. The molecule has 0 bridgehead atoms. The monoisotopic (exact) mass is 339 g/mol. The normalized spacial score (nSPS) is 22.9. The third kappa shape index (κ3) is 3.51. The number of morpholine rings is 1. The predicted molar refractivity (Wildman–Crippen MR) is 93.2 cm³/mol. The second kappa shape index (κ2) is 6.84. The van der Waals surface area contributed by atoms with E-state index in [1.54, 1.807) is 4.90 Å².